The van der Waals surface area contributed by atoms with E-state index >= 15 is 0 Å². The number of nitrogens with two attached hydrogens (primary N) is 1. The molecule has 0 radical (unpaired) electrons. The van der Waals surface area contributed by atoms with Crippen LogP contribution in [0.25, 0.3) is 0 Å². The summed E-state index contributed by atoms with van der Waals surface area (Å²) in [6.07, 6.45) is 2.81. The predicted octanol–water partition coefficient (Wildman–Crippen LogP) is 2.15. The van der Waals surface area contributed by atoms with Crippen LogP contribution in [0.3, 0.4) is 0 Å². The molecule has 20 heavy (non-hydrogen) atoms. The highest BCUT2D eigenvalue weighted by Crippen LogP contribution is 2.21. The number of hydrogen-bond donors (Lipinski definition) is 1. The number of piperidine rings is 1. The van der Waals surface area contributed by atoms with E-state index in [0.717, 1.165) is 38.9 Å². The number of carbonyl (C=O) groups is 1. The summed E-state index contributed by atoms with van der Waals surface area (Å²) in [5, 5.41) is 0. The Balaban J connectivity index is 0. The van der Waals surface area contributed by atoms with E-state index in [1.54, 1.807) is 0 Å². The molecule has 3 unspecified atom stereocenters. The Morgan fingerprint density at radius 2 is 2.00 bits per heavy atom. The number of rotatable bonds is 5. The smallest absolute Gasteiger partial charge is 0.239 e. The largest absolute Gasteiger partial charge is 0.341 e. The molecule has 0 bridgehead atoms. The molecule has 1 heterocycles. The van der Waals surface area contributed by atoms with Gasteiger partial charge in [0.15, 0.2) is 0 Å². The van der Waals surface area contributed by atoms with Crippen molar-refractivity contribution < 1.29 is 4.79 Å². The quantitative estimate of drug-likeness (QED) is 0.841. The molecule has 4 nitrogen and oxygen atoms in total. The molecule has 3 atom stereocenters. The molecule has 1 saturated heterocycles. The van der Waals surface area contributed by atoms with Crippen molar-refractivity contribution in [3.8, 4) is 0 Å². The number of nitrogens with zero attached hydrogens (tertiary/aromatic N) is 2. The van der Waals surface area contributed by atoms with Crippen molar-refractivity contribution in [3.05, 3.63) is 0 Å². The van der Waals surface area contributed by atoms with Gasteiger partial charge in [-0.3, -0.25) is 4.79 Å². The molecule has 1 fully saturated rings. The van der Waals surface area contributed by atoms with E-state index in [9.17, 15) is 4.79 Å². The number of likely N-dealkylation sites (N-methyl/N-ethyl adjacent to an activating group) is 1. The molecule has 0 aromatic heterocycles. The van der Waals surface area contributed by atoms with Crippen LogP contribution in [0, 0.1) is 5.92 Å². The lowest BCUT2D eigenvalue weighted by Gasteiger charge is -2.41. The van der Waals surface area contributed by atoms with Gasteiger partial charge in [0.25, 0.3) is 0 Å². The van der Waals surface area contributed by atoms with Crippen LogP contribution in [0.5, 0.6) is 0 Å². The van der Waals surface area contributed by atoms with Crippen LogP contribution in [-0.4, -0.2) is 54.5 Å². The number of halogens is 2. The second kappa shape index (κ2) is 10.7. The van der Waals surface area contributed by atoms with Gasteiger partial charge in [-0.1, -0.05) is 27.2 Å². The number of carbonyl (C=O) groups excluding carboxylic acids is 1. The minimum atomic E-state index is -0.323. The van der Waals surface area contributed by atoms with Gasteiger partial charge >= 0.3 is 0 Å². The summed E-state index contributed by atoms with van der Waals surface area (Å²) < 4.78 is 0. The molecule has 0 aliphatic carbocycles. The Morgan fingerprint density at radius 3 is 2.45 bits per heavy atom. The maximum Gasteiger partial charge on any atom is 0.239 e. The molecular weight excluding hydrogens is 297 g/mol. The lowest BCUT2D eigenvalue weighted by molar-refractivity contribution is -0.135. The molecule has 6 heteroatoms. The lowest BCUT2D eigenvalue weighted by Crippen LogP contribution is -2.54. The molecular formula is C14H31Cl2N3O. The van der Waals surface area contributed by atoms with Crippen molar-refractivity contribution in [2.45, 2.75) is 52.1 Å². The third-order valence-corrected chi connectivity index (χ3v) is 4.15. The second-order valence-electron chi connectivity index (χ2n) is 5.57. The van der Waals surface area contributed by atoms with E-state index in [4.69, 9.17) is 5.73 Å². The monoisotopic (exact) mass is 327 g/mol. The molecule has 0 spiro atoms. The fraction of sp³-hybridized carbons (Fsp3) is 0.929. The molecule has 1 amide bonds. The summed E-state index contributed by atoms with van der Waals surface area (Å²) in [6.45, 7) is 9.77. The van der Waals surface area contributed by atoms with E-state index in [0.29, 0.717) is 12.0 Å². The Morgan fingerprint density at radius 1 is 1.40 bits per heavy atom. The molecule has 1 rings (SSSR count). The first-order valence-electron chi connectivity index (χ1n) is 7.25. The standard InChI is InChI=1S/C14H29N3O.2ClH/c1-5-7-12(15)14(18)16(4)13-8-9-17(6-2)10-11(13)3;;/h11-13H,5-10,15H2,1-4H3;2*1H. The Bertz CT molecular complexity index is 279. The highest BCUT2D eigenvalue weighted by atomic mass is 35.5. The average Bonchev–Trinajstić information content (AvgIpc) is 2.37. The molecule has 0 saturated carbocycles. The number of amides is 1. The van der Waals surface area contributed by atoms with Gasteiger partial charge in [-0.2, -0.15) is 0 Å². The van der Waals surface area contributed by atoms with E-state index in [-0.39, 0.29) is 36.8 Å². The number of likely N-dealkylation sites (tertiary alicyclic amines) is 1. The van der Waals surface area contributed by atoms with Gasteiger partial charge in [0.2, 0.25) is 5.91 Å². The van der Waals surface area contributed by atoms with Crippen LogP contribution < -0.4 is 5.73 Å². The van der Waals surface area contributed by atoms with Crippen LogP contribution in [0.15, 0.2) is 0 Å². The average molecular weight is 328 g/mol. The summed E-state index contributed by atoms with van der Waals surface area (Å²) >= 11 is 0. The first-order valence-corrected chi connectivity index (χ1v) is 7.25. The summed E-state index contributed by atoms with van der Waals surface area (Å²) in [5.74, 6) is 0.639. The third-order valence-electron chi connectivity index (χ3n) is 4.15. The zero-order valence-corrected chi connectivity index (χ0v) is 14.8. The molecule has 0 aromatic rings. The molecule has 122 valence electrons. The van der Waals surface area contributed by atoms with Gasteiger partial charge in [0, 0.05) is 26.2 Å². The van der Waals surface area contributed by atoms with E-state index in [2.05, 4.69) is 25.7 Å². The summed E-state index contributed by atoms with van der Waals surface area (Å²) in [6, 6.07) is 0.0274. The zero-order chi connectivity index (χ0) is 13.7. The van der Waals surface area contributed by atoms with Crippen LogP contribution in [-0.2, 0) is 4.79 Å². The fourth-order valence-corrected chi connectivity index (χ4v) is 2.94. The molecule has 2 N–H and O–H groups in total. The van der Waals surface area contributed by atoms with Gasteiger partial charge in [-0.15, -0.1) is 24.8 Å². The van der Waals surface area contributed by atoms with Crippen LogP contribution >= 0.6 is 24.8 Å². The summed E-state index contributed by atoms with van der Waals surface area (Å²) in [4.78, 5) is 16.6. The van der Waals surface area contributed by atoms with Gasteiger partial charge in [0.1, 0.15) is 0 Å². The first kappa shape index (κ1) is 22.3. The topological polar surface area (TPSA) is 49.6 Å². The van der Waals surface area contributed by atoms with E-state index < -0.39 is 0 Å². The first-order chi connectivity index (χ1) is 8.51. The normalized spacial score (nSPS) is 24.2. The molecule has 0 aromatic carbocycles. The lowest BCUT2D eigenvalue weighted by atomic mass is 9.92. The third kappa shape index (κ3) is 5.76. The van der Waals surface area contributed by atoms with Crippen molar-refractivity contribution in [1.29, 1.82) is 0 Å². The molecule has 1 aliphatic rings. The number of hydrogen-bond acceptors (Lipinski definition) is 3. The van der Waals surface area contributed by atoms with Crippen LogP contribution in [0.4, 0.5) is 0 Å². The fourth-order valence-electron chi connectivity index (χ4n) is 2.94. The van der Waals surface area contributed by atoms with Crippen molar-refractivity contribution in [1.82, 2.24) is 9.80 Å². The second-order valence-corrected chi connectivity index (χ2v) is 5.57. The van der Waals surface area contributed by atoms with Gasteiger partial charge < -0.3 is 15.5 Å². The maximum absolute atomic E-state index is 12.2. The SMILES string of the molecule is CCCC(N)C(=O)N(C)C1CCN(CC)CC1C.Cl.Cl. The summed E-state index contributed by atoms with van der Waals surface area (Å²) in [5.41, 5.74) is 5.93. The Hall–Kier alpha value is -0.0300. The predicted molar refractivity (Wildman–Crippen MR) is 89.8 cm³/mol. The molecule has 1 aliphatic heterocycles. The Labute approximate surface area is 136 Å². The Kier molecular flexibility index (Phi) is 11.9. The van der Waals surface area contributed by atoms with E-state index in [1.807, 2.05) is 11.9 Å². The highest BCUT2D eigenvalue weighted by molar-refractivity contribution is 5.85. The van der Waals surface area contributed by atoms with E-state index in [1.165, 1.54) is 0 Å². The van der Waals surface area contributed by atoms with Gasteiger partial charge in [0.05, 0.1) is 6.04 Å². The minimum absolute atomic E-state index is 0. The summed E-state index contributed by atoms with van der Waals surface area (Å²) in [7, 11) is 1.92. The maximum atomic E-state index is 12.2. The highest BCUT2D eigenvalue weighted by Gasteiger charge is 2.32. The van der Waals surface area contributed by atoms with Crippen molar-refractivity contribution in [2.24, 2.45) is 11.7 Å². The van der Waals surface area contributed by atoms with Gasteiger partial charge in [-0.25, -0.2) is 0 Å². The van der Waals surface area contributed by atoms with Gasteiger partial charge in [-0.05, 0) is 25.3 Å². The van der Waals surface area contributed by atoms with Crippen molar-refractivity contribution in [2.75, 3.05) is 26.7 Å². The van der Waals surface area contributed by atoms with Crippen LogP contribution in [0.1, 0.15) is 40.0 Å². The van der Waals surface area contributed by atoms with Crippen molar-refractivity contribution >= 4 is 30.7 Å². The zero-order valence-electron chi connectivity index (χ0n) is 13.2. The van der Waals surface area contributed by atoms with Crippen LogP contribution in [0.2, 0.25) is 0 Å². The van der Waals surface area contributed by atoms with Crippen molar-refractivity contribution in [3.63, 3.8) is 0 Å². The minimum Gasteiger partial charge on any atom is -0.341 e.